The zero-order chi connectivity index (χ0) is 41.2. The van der Waals surface area contributed by atoms with Crippen molar-refractivity contribution in [2.24, 2.45) is 0 Å². The minimum Gasteiger partial charge on any atom is -0.456 e. The summed E-state index contributed by atoms with van der Waals surface area (Å²) in [5.74, 6) is 0.682. The topological polar surface area (TPSA) is 48.8 Å². The minimum atomic E-state index is 0.682. The van der Waals surface area contributed by atoms with Crippen LogP contribution in [0.3, 0.4) is 0 Å². The lowest BCUT2D eigenvalue weighted by Crippen LogP contribution is -1.97. The fourth-order valence-corrected chi connectivity index (χ4v) is 10.3. The molecule has 0 atom stereocenters. The zero-order valence-electron chi connectivity index (χ0n) is 33.8. The van der Waals surface area contributed by atoms with Gasteiger partial charge in [0, 0.05) is 59.9 Å². The smallest absolute Gasteiger partial charge is 0.160 e. The molecule has 0 spiro atoms. The number of furan rings is 1. The van der Waals surface area contributed by atoms with Crippen molar-refractivity contribution in [3.05, 3.63) is 206 Å². The number of aromatic nitrogens is 4. The number of hydrogen-bond donors (Lipinski definition) is 0. The van der Waals surface area contributed by atoms with Gasteiger partial charge in [0.15, 0.2) is 5.82 Å². The van der Waals surface area contributed by atoms with Crippen LogP contribution in [0.25, 0.3) is 132 Å². The largest absolute Gasteiger partial charge is 0.456 e. The second-order valence-corrected chi connectivity index (χ2v) is 16.5. The van der Waals surface area contributed by atoms with Crippen LogP contribution in [0.2, 0.25) is 0 Å². The molecule has 10 aromatic carbocycles. The van der Waals surface area contributed by atoms with Crippen LogP contribution < -0.4 is 0 Å². The summed E-state index contributed by atoms with van der Waals surface area (Å²) >= 11 is 0. The van der Waals surface area contributed by atoms with Crippen molar-refractivity contribution >= 4 is 98.0 Å². The summed E-state index contributed by atoms with van der Waals surface area (Å²) in [6.45, 7) is 0. The van der Waals surface area contributed by atoms with Gasteiger partial charge in [-0.2, -0.15) is 0 Å². The predicted octanol–water partition coefficient (Wildman–Crippen LogP) is 15.4. The molecule has 14 rings (SSSR count). The Labute approximate surface area is 360 Å². The Balaban J connectivity index is 0.948. The molecule has 0 radical (unpaired) electrons. The molecule has 0 saturated heterocycles. The van der Waals surface area contributed by atoms with Crippen molar-refractivity contribution in [2.45, 2.75) is 0 Å². The van der Waals surface area contributed by atoms with E-state index in [9.17, 15) is 0 Å². The van der Waals surface area contributed by atoms with Gasteiger partial charge in [0.05, 0.1) is 39.0 Å². The molecule has 5 nitrogen and oxygen atoms in total. The van der Waals surface area contributed by atoms with Gasteiger partial charge in [-0.25, -0.2) is 9.97 Å². The van der Waals surface area contributed by atoms with E-state index in [-0.39, 0.29) is 0 Å². The molecule has 0 fully saturated rings. The molecular formula is C58H34N4O. The maximum atomic E-state index is 6.15. The highest BCUT2D eigenvalue weighted by Crippen LogP contribution is 2.42. The molecule has 4 aromatic heterocycles. The van der Waals surface area contributed by atoms with Crippen LogP contribution in [0.5, 0.6) is 0 Å². The highest BCUT2D eigenvalue weighted by atomic mass is 16.3. The third-order valence-electron chi connectivity index (χ3n) is 13.1. The van der Waals surface area contributed by atoms with E-state index in [1.807, 2.05) is 30.3 Å². The van der Waals surface area contributed by atoms with E-state index in [1.165, 1.54) is 54.1 Å². The molecule has 0 unspecified atom stereocenters. The summed E-state index contributed by atoms with van der Waals surface area (Å²) < 4.78 is 11.0. The van der Waals surface area contributed by atoms with E-state index < -0.39 is 0 Å². The molecule has 0 aliphatic heterocycles. The summed E-state index contributed by atoms with van der Waals surface area (Å²) in [6, 6.07) is 73.9. The molecule has 0 bridgehead atoms. The molecule has 292 valence electrons. The van der Waals surface area contributed by atoms with Crippen molar-refractivity contribution < 1.29 is 4.42 Å². The monoisotopic (exact) mass is 802 g/mol. The van der Waals surface area contributed by atoms with Crippen LogP contribution in [-0.4, -0.2) is 19.1 Å². The van der Waals surface area contributed by atoms with E-state index in [1.54, 1.807) is 0 Å². The maximum Gasteiger partial charge on any atom is 0.160 e. The van der Waals surface area contributed by atoms with E-state index in [2.05, 4.69) is 185 Å². The zero-order valence-corrected chi connectivity index (χ0v) is 33.8. The van der Waals surface area contributed by atoms with Gasteiger partial charge in [-0.3, -0.25) is 0 Å². The van der Waals surface area contributed by atoms with Crippen LogP contribution in [0.15, 0.2) is 211 Å². The summed E-state index contributed by atoms with van der Waals surface area (Å²) in [5.41, 5.74) is 12.5. The van der Waals surface area contributed by atoms with E-state index in [0.29, 0.717) is 5.82 Å². The number of nitrogens with zero attached hydrogens (tertiary/aromatic N) is 4. The highest BCUT2D eigenvalue weighted by Gasteiger charge is 2.20. The van der Waals surface area contributed by atoms with Crippen molar-refractivity contribution in [3.8, 4) is 34.0 Å². The molecule has 4 heterocycles. The second-order valence-electron chi connectivity index (χ2n) is 16.5. The third-order valence-corrected chi connectivity index (χ3v) is 13.1. The molecule has 5 heteroatoms. The fourth-order valence-electron chi connectivity index (χ4n) is 10.3. The van der Waals surface area contributed by atoms with Crippen LogP contribution in [0.1, 0.15) is 0 Å². The maximum absolute atomic E-state index is 6.15. The van der Waals surface area contributed by atoms with E-state index in [0.717, 1.165) is 72.1 Å². The van der Waals surface area contributed by atoms with E-state index >= 15 is 0 Å². The number of rotatable bonds is 4. The molecule has 0 N–H and O–H groups in total. The van der Waals surface area contributed by atoms with Crippen LogP contribution in [-0.2, 0) is 0 Å². The Kier molecular flexibility index (Phi) is 7.05. The van der Waals surface area contributed by atoms with Crippen molar-refractivity contribution in [1.82, 2.24) is 19.1 Å². The number of benzene rings is 10. The predicted molar refractivity (Wildman–Crippen MR) is 261 cm³/mol. The van der Waals surface area contributed by atoms with Gasteiger partial charge in [0.1, 0.15) is 11.2 Å². The van der Waals surface area contributed by atoms with Gasteiger partial charge in [-0.1, -0.05) is 127 Å². The Morgan fingerprint density at radius 1 is 0.349 bits per heavy atom. The Bertz CT molecular complexity index is 4210. The van der Waals surface area contributed by atoms with Gasteiger partial charge >= 0.3 is 0 Å². The quantitative estimate of drug-likeness (QED) is 0.178. The average Bonchev–Trinajstić information content (AvgIpc) is 4.00. The SMILES string of the molecule is c1cc(-n2c3ccccc3c3c4ccccc4ccc32)c2cc3c(cc2c1)c1ccccc1n3-c1ccc(-c2nc(-c3ccc4oc5ccccc5c4c3)nc3ccccc23)cc1. The Morgan fingerprint density at radius 3 is 1.90 bits per heavy atom. The van der Waals surface area contributed by atoms with Crippen molar-refractivity contribution in [3.63, 3.8) is 0 Å². The normalized spacial score (nSPS) is 12.1. The molecule has 0 aliphatic carbocycles. The first-order chi connectivity index (χ1) is 31.2. The van der Waals surface area contributed by atoms with Gasteiger partial charge in [0.25, 0.3) is 0 Å². The summed E-state index contributed by atoms with van der Waals surface area (Å²) in [4.78, 5) is 10.4. The number of hydrogen-bond acceptors (Lipinski definition) is 3. The third kappa shape index (κ3) is 4.99. The Morgan fingerprint density at radius 2 is 1.03 bits per heavy atom. The summed E-state index contributed by atoms with van der Waals surface area (Å²) in [6.07, 6.45) is 0. The van der Waals surface area contributed by atoms with Crippen molar-refractivity contribution in [1.29, 1.82) is 0 Å². The standard InChI is InChI=1S/C58H34N4O/c1-2-14-40-35(12-1)26-30-52-56(40)44-18-5-9-21-50(44)62(52)51-22-11-13-37-32-46-41-15-4-8-20-49(41)61(53(46)34-45(37)51)39-28-24-36(25-29-39)57-43-17-3-7-19-48(43)59-58(60-57)38-27-31-55-47(33-38)42-16-6-10-23-54(42)63-55/h1-34H. The molecule has 0 saturated carbocycles. The van der Waals surface area contributed by atoms with Crippen LogP contribution >= 0.6 is 0 Å². The summed E-state index contributed by atoms with van der Waals surface area (Å²) in [7, 11) is 0. The van der Waals surface area contributed by atoms with Crippen molar-refractivity contribution in [2.75, 3.05) is 0 Å². The van der Waals surface area contributed by atoms with Gasteiger partial charge in [0.2, 0.25) is 0 Å². The number of para-hydroxylation sites is 4. The second kappa shape index (κ2) is 13.0. The van der Waals surface area contributed by atoms with Crippen LogP contribution in [0, 0.1) is 0 Å². The lowest BCUT2D eigenvalue weighted by Gasteiger charge is -2.14. The first kappa shape index (κ1) is 34.2. The summed E-state index contributed by atoms with van der Waals surface area (Å²) in [5, 5.41) is 13.1. The highest BCUT2D eigenvalue weighted by molar-refractivity contribution is 6.22. The lowest BCUT2D eigenvalue weighted by molar-refractivity contribution is 0.669. The van der Waals surface area contributed by atoms with Crippen LogP contribution in [0.4, 0.5) is 0 Å². The first-order valence-corrected chi connectivity index (χ1v) is 21.4. The van der Waals surface area contributed by atoms with Gasteiger partial charge < -0.3 is 13.6 Å². The first-order valence-electron chi connectivity index (χ1n) is 21.4. The minimum absolute atomic E-state index is 0.682. The molecule has 0 amide bonds. The fraction of sp³-hybridized carbons (Fsp3) is 0. The molecule has 63 heavy (non-hydrogen) atoms. The number of fused-ring (bicyclic) bond motifs is 13. The lowest BCUT2D eigenvalue weighted by atomic mass is 10.0. The van der Waals surface area contributed by atoms with E-state index in [4.69, 9.17) is 14.4 Å². The van der Waals surface area contributed by atoms with Gasteiger partial charge in [-0.15, -0.1) is 0 Å². The Hall–Kier alpha value is -8.54. The average molecular weight is 803 g/mol. The van der Waals surface area contributed by atoms with Gasteiger partial charge in [-0.05, 0) is 95.0 Å². The molecule has 14 aromatic rings. The molecule has 0 aliphatic rings. The molecular weight excluding hydrogens is 769 g/mol.